The molecular formula is C16H26Cl2FN3O2. The number of ether oxygens (including phenoxy) is 1. The number of aryl methyl sites for hydroxylation is 1. The van der Waals surface area contributed by atoms with Gasteiger partial charge in [-0.3, -0.25) is 4.79 Å². The molecule has 1 heterocycles. The molecule has 3 N–H and O–H groups in total. The molecule has 1 aromatic carbocycles. The highest BCUT2D eigenvalue weighted by molar-refractivity contribution is 5.85. The summed E-state index contributed by atoms with van der Waals surface area (Å²) in [7, 11) is 1.52. The summed E-state index contributed by atoms with van der Waals surface area (Å²) in [6, 6.07) is 4.21. The van der Waals surface area contributed by atoms with Crippen LogP contribution in [0.15, 0.2) is 18.2 Å². The molecule has 0 aliphatic carbocycles. The number of anilines is 1. The van der Waals surface area contributed by atoms with Crippen LogP contribution in [-0.4, -0.2) is 44.8 Å². The first-order valence-corrected chi connectivity index (χ1v) is 7.57. The highest BCUT2D eigenvalue weighted by atomic mass is 35.5. The molecule has 8 heteroatoms. The maximum Gasteiger partial charge on any atom is 0.239 e. The van der Waals surface area contributed by atoms with Crippen molar-refractivity contribution < 1.29 is 13.9 Å². The fourth-order valence-corrected chi connectivity index (χ4v) is 2.85. The standard InChI is InChI=1S/C16H24FN3O2.2ClH/c1-11-8-12(17)5-6-15(11)20-7-3-4-13(9-20)19-16(21)14(18)10-22-2;;/h5-6,8,13-14H,3-4,7,9-10,18H2,1-2H3,(H,19,21);2*1H. The normalized spacial score (nSPS) is 18.2. The van der Waals surface area contributed by atoms with Crippen molar-refractivity contribution in [2.45, 2.75) is 31.8 Å². The number of rotatable bonds is 5. The van der Waals surface area contributed by atoms with Gasteiger partial charge in [0, 0.05) is 31.9 Å². The van der Waals surface area contributed by atoms with Crippen molar-refractivity contribution >= 4 is 36.4 Å². The molecule has 0 spiro atoms. The van der Waals surface area contributed by atoms with Crippen LogP contribution in [0.25, 0.3) is 0 Å². The SMILES string of the molecule is COCC(N)C(=O)NC1CCCN(c2ccc(F)cc2C)C1.Cl.Cl. The van der Waals surface area contributed by atoms with Crippen LogP contribution >= 0.6 is 24.8 Å². The number of amides is 1. The van der Waals surface area contributed by atoms with Gasteiger partial charge < -0.3 is 20.7 Å². The van der Waals surface area contributed by atoms with Crippen LogP contribution in [0.4, 0.5) is 10.1 Å². The van der Waals surface area contributed by atoms with E-state index in [1.165, 1.54) is 19.2 Å². The Balaban J connectivity index is 0.00000264. The second-order valence-corrected chi connectivity index (χ2v) is 5.79. The Labute approximate surface area is 154 Å². The molecule has 1 saturated heterocycles. The third-order valence-corrected chi connectivity index (χ3v) is 3.95. The number of halogens is 3. The topological polar surface area (TPSA) is 67.6 Å². The Kier molecular flexibility index (Phi) is 10.2. The van der Waals surface area contributed by atoms with Gasteiger partial charge in [0.15, 0.2) is 0 Å². The van der Waals surface area contributed by atoms with Gasteiger partial charge in [0.25, 0.3) is 0 Å². The second-order valence-electron chi connectivity index (χ2n) is 5.79. The van der Waals surface area contributed by atoms with Crippen molar-refractivity contribution in [2.24, 2.45) is 5.73 Å². The number of nitrogens with one attached hydrogen (secondary N) is 1. The Morgan fingerprint density at radius 3 is 2.83 bits per heavy atom. The van der Waals surface area contributed by atoms with E-state index in [1.54, 1.807) is 6.07 Å². The van der Waals surface area contributed by atoms with E-state index in [0.29, 0.717) is 6.54 Å². The monoisotopic (exact) mass is 381 g/mol. The molecule has 2 rings (SSSR count). The van der Waals surface area contributed by atoms with Gasteiger partial charge in [-0.25, -0.2) is 4.39 Å². The van der Waals surface area contributed by atoms with E-state index in [2.05, 4.69) is 10.2 Å². The molecule has 2 atom stereocenters. The first-order valence-electron chi connectivity index (χ1n) is 7.57. The van der Waals surface area contributed by atoms with E-state index in [1.807, 2.05) is 6.92 Å². The van der Waals surface area contributed by atoms with Crippen molar-refractivity contribution in [1.82, 2.24) is 5.32 Å². The molecule has 0 aromatic heterocycles. The molecule has 0 bridgehead atoms. The Morgan fingerprint density at radius 1 is 1.50 bits per heavy atom. The van der Waals surface area contributed by atoms with Gasteiger partial charge in [-0.05, 0) is 43.5 Å². The van der Waals surface area contributed by atoms with Crippen molar-refractivity contribution in [3.05, 3.63) is 29.6 Å². The van der Waals surface area contributed by atoms with Gasteiger partial charge in [-0.2, -0.15) is 0 Å². The number of piperidine rings is 1. The zero-order valence-electron chi connectivity index (χ0n) is 14.0. The maximum absolute atomic E-state index is 13.2. The number of carbonyl (C=O) groups excluding carboxylic acids is 1. The second kappa shape index (κ2) is 10.7. The maximum atomic E-state index is 13.2. The zero-order valence-corrected chi connectivity index (χ0v) is 15.6. The van der Waals surface area contributed by atoms with E-state index in [-0.39, 0.29) is 49.2 Å². The molecule has 138 valence electrons. The van der Waals surface area contributed by atoms with Crippen molar-refractivity contribution in [1.29, 1.82) is 0 Å². The van der Waals surface area contributed by atoms with Crippen LogP contribution < -0.4 is 16.0 Å². The lowest BCUT2D eigenvalue weighted by atomic mass is 10.0. The van der Waals surface area contributed by atoms with Crippen LogP contribution in [0.1, 0.15) is 18.4 Å². The summed E-state index contributed by atoms with van der Waals surface area (Å²) in [6.07, 6.45) is 1.89. The Bertz CT molecular complexity index is 534. The highest BCUT2D eigenvalue weighted by Gasteiger charge is 2.24. The number of carbonyl (C=O) groups is 1. The van der Waals surface area contributed by atoms with Gasteiger partial charge in [0.1, 0.15) is 11.9 Å². The van der Waals surface area contributed by atoms with E-state index < -0.39 is 6.04 Å². The average molecular weight is 382 g/mol. The Hall–Kier alpha value is -1.08. The van der Waals surface area contributed by atoms with Crippen molar-refractivity contribution in [3.63, 3.8) is 0 Å². The fraction of sp³-hybridized carbons (Fsp3) is 0.562. The average Bonchev–Trinajstić information content (AvgIpc) is 2.47. The number of hydrogen-bond donors (Lipinski definition) is 2. The van der Waals surface area contributed by atoms with Gasteiger partial charge in [-0.15, -0.1) is 24.8 Å². The van der Waals surface area contributed by atoms with Gasteiger partial charge in [0.2, 0.25) is 5.91 Å². The van der Waals surface area contributed by atoms with E-state index in [4.69, 9.17) is 10.5 Å². The summed E-state index contributed by atoms with van der Waals surface area (Å²) < 4.78 is 18.1. The van der Waals surface area contributed by atoms with Crippen LogP contribution in [-0.2, 0) is 9.53 Å². The van der Waals surface area contributed by atoms with Crippen LogP contribution in [0.2, 0.25) is 0 Å². The minimum Gasteiger partial charge on any atom is -0.383 e. The molecule has 2 unspecified atom stereocenters. The molecule has 1 aliphatic heterocycles. The summed E-state index contributed by atoms with van der Waals surface area (Å²) in [5.74, 6) is -0.418. The summed E-state index contributed by atoms with van der Waals surface area (Å²) >= 11 is 0. The summed E-state index contributed by atoms with van der Waals surface area (Å²) in [5.41, 5.74) is 7.66. The van der Waals surface area contributed by atoms with Crippen LogP contribution in [0.5, 0.6) is 0 Å². The molecule has 24 heavy (non-hydrogen) atoms. The minimum absolute atomic E-state index is 0. The van der Waals surface area contributed by atoms with Crippen LogP contribution in [0.3, 0.4) is 0 Å². The summed E-state index contributed by atoms with van der Waals surface area (Å²) in [4.78, 5) is 14.2. The summed E-state index contributed by atoms with van der Waals surface area (Å²) in [5, 5.41) is 2.97. The quantitative estimate of drug-likeness (QED) is 0.818. The lowest BCUT2D eigenvalue weighted by Crippen LogP contribution is -2.53. The number of nitrogens with two attached hydrogens (primary N) is 1. The molecule has 5 nitrogen and oxygen atoms in total. The first kappa shape index (κ1) is 22.9. The van der Waals surface area contributed by atoms with Gasteiger partial charge in [0.05, 0.1) is 6.61 Å². The molecular weight excluding hydrogens is 356 g/mol. The third kappa shape index (κ3) is 6.09. The van der Waals surface area contributed by atoms with E-state index in [0.717, 1.165) is 30.6 Å². The number of nitrogens with zero attached hydrogens (tertiary/aromatic N) is 1. The highest BCUT2D eigenvalue weighted by Crippen LogP contribution is 2.24. The predicted molar refractivity (Wildman–Crippen MR) is 98.9 cm³/mol. The molecule has 1 aromatic rings. The fourth-order valence-electron chi connectivity index (χ4n) is 2.85. The van der Waals surface area contributed by atoms with E-state index >= 15 is 0 Å². The smallest absolute Gasteiger partial charge is 0.239 e. The van der Waals surface area contributed by atoms with Crippen molar-refractivity contribution in [2.75, 3.05) is 31.7 Å². The number of methoxy groups -OCH3 is 1. The minimum atomic E-state index is -0.645. The number of benzene rings is 1. The van der Waals surface area contributed by atoms with Gasteiger partial charge in [-0.1, -0.05) is 0 Å². The molecule has 1 aliphatic rings. The molecule has 0 radical (unpaired) electrons. The Morgan fingerprint density at radius 2 is 2.21 bits per heavy atom. The number of hydrogen-bond acceptors (Lipinski definition) is 4. The summed E-state index contributed by atoms with van der Waals surface area (Å²) in [6.45, 7) is 3.72. The van der Waals surface area contributed by atoms with Gasteiger partial charge >= 0.3 is 0 Å². The first-order chi connectivity index (χ1) is 10.5. The van der Waals surface area contributed by atoms with Crippen LogP contribution in [0, 0.1) is 12.7 Å². The predicted octanol–water partition coefficient (Wildman–Crippen LogP) is 2.04. The molecule has 0 saturated carbocycles. The van der Waals surface area contributed by atoms with E-state index in [9.17, 15) is 9.18 Å². The largest absolute Gasteiger partial charge is 0.383 e. The van der Waals surface area contributed by atoms with Crippen molar-refractivity contribution in [3.8, 4) is 0 Å². The lowest BCUT2D eigenvalue weighted by Gasteiger charge is -2.36. The lowest BCUT2D eigenvalue weighted by molar-refractivity contribution is -0.124. The molecule has 1 amide bonds. The third-order valence-electron chi connectivity index (χ3n) is 3.95. The molecule has 1 fully saturated rings. The zero-order chi connectivity index (χ0) is 16.1.